The van der Waals surface area contributed by atoms with E-state index in [4.69, 9.17) is 14.2 Å². The first-order valence-electron chi connectivity index (χ1n) is 11.5. The SMILES string of the molecule is CCNC(=O)[C@H](C)N(Cc1cccc(OC)c1)C(=O)CCc1ccc(OCC)c(OCC)c1. The van der Waals surface area contributed by atoms with Crippen molar-refractivity contribution in [2.75, 3.05) is 26.9 Å². The van der Waals surface area contributed by atoms with Crippen molar-refractivity contribution < 1.29 is 23.8 Å². The average Bonchev–Trinajstić information content (AvgIpc) is 2.82. The van der Waals surface area contributed by atoms with Crippen LogP contribution in [-0.2, 0) is 22.6 Å². The molecule has 0 bridgehead atoms. The topological polar surface area (TPSA) is 77.1 Å². The third-order valence-electron chi connectivity index (χ3n) is 5.24. The second-order valence-electron chi connectivity index (χ2n) is 7.59. The zero-order valence-electron chi connectivity index (χ0n) is 20.3. The summed E-state index contributed by atoms with van der Waals surface area (Å²) in [5, 5.41) is 2.81. The molecule has 2 aromatic carbocycles. The lowest BCUT2D eigenvalue weighted by molar-refractivity contribution is -0.140. The summed E-state index contributed by atoms with van der Waals surface area (Å²) in [5.74, 6) is 1.81. The summed E-state index contributed by atoms with van der Waals surface area (Å²) in [6.45, 7) is 9.38. The predicted molar refractivity (Wildman–Crippen MR) is 129 cm³/mol. The molecule has 0 fully saturated rings. The van der Waals surface area contributed by atoms with Crippen molar-refractivity contribution in [2.45, 2.75) is 53.1 Å². The van der Waals surface area contributed by atoms with E-state index in [9.17, 15) is 9.59 Å². The highest BCUT2D eigenvalue weighted by Crippen LogP contribution is 2.29. The number of methoxy groups -OCH3 is 1. The van der Waals surface area contributed by atoms with Gasteiger partial charge in [-0.15, -0.1) is 0 Å². The number of likely N-dealkylation sites (N-methyl/N-ethyl adjacent to an activating group) is 1. The summed E-state index contributed by atoms with van der Waals surface area (Å²) in [6.07, 6.45) is 0.801. The van der Waals surface area contributed by atoms with Crippen LogP contribution in [0.15, 0.2) is 42.5 Å². The number of amides is 2. The summed E-state index contributed by atoms with van der Waals surface area (Å²) in [7, 11) is 1.60. The molecule has 0 aromatic heterocycles. The van der Waals surface area contributed by atoms with Crippen molar-refractivity contribution in [1.29, 1.82) is 0 Å². The van der Waals surface area contributed by atoms with Crippen molar-refractivity contribution in [1.82, 2.24) is 10.2 Å². The third kappa shape index (κ3) is 7.70. The number of aryl methyl sites for hydroxylation is 1. The number of carbonyl (C=O) groups excluding carboxylic acids is 2. The van der Waals surface area contributed by atoms with E-state index in [-0.39, 0.29) is 18.2 Å². The van der Waals surface area contributed by atoms with E-state index < -0.39 is 6.04 Å². The molecule has 0 saturated carbocycles. The lowest BCUT2D eigenvalue weighted by Gasteiger charge is -2.29. The minimum atomic E-state index is -0.594. The summed E-state index contributed by atoms with van der Waals surface area (Å²) in [4.78, 5) is 27.4. The number of rotatable bonds is 13. The highest BCUT2D eigenvalue weighted by molar-refractivity contribution is 5.87. The lowest BCUT2D eigenvalue weighted by Crippen LogP contribution is -2.47. The first kappa shape index (κ1) is 26.0. The molecule has 0 spiro atoms. The molecule has 7 heteroatoms. The Hall–Kier alpha value is -3.22. The van der Waals surface area contributed by atoms with E-state index in [1.807, 2.05) is 63.2 Å². The third-order valence-corrected chi connectivity index (χ3v) is 5.24. The van der Waals surface area contributed by atoms with Crippen LogP contribution in [0, 0.1) is 0 Å². The van der Waals surface area contributed by atoms with Gasteiger partial charge in [0.1, 0.15) is 11.8 Å². The first-order chi connectivity index (χ1) is 15.9. The van der Waals surface area contributed by atoms with Gasteiger partial charge in [0.2, 0.25) is 11.8 Å². The van der Waals surface area contributed by atoms with Gasteiger partial charge in [0.15, 0.2) is 11.5 Å². The summed E-state index contributed by atoms with van der Waals surface area (Å²) < 4.78 is 16.6. The van der Waals surface area contributed by atoms with Crippen LogP contribution in [0.25, 0.3) is 0 Å². The van der Waals surface area contributed by atoms with E-state index in [1.165, 1.54) is 0 Å². The largest absolute Gasteiger partial charge is 0.497 e. The Morgan fingerprint density at radius 2 is 1.70 bits per heavy atom. The molecule has 1 N–H and O–H groups in total. The Morgan fingerprint density at radius 3 is 2.36 bits per heavy atom. The molecule has 2 rings (SSSR count). The zero-order chi connectivity index (χ0) is 24.2. The van der Waals surface area contributed by atoms with E-state index in [0.717, 1.165) is 11.1 Å². The highest BCUT2D eigenvalue weighted by atomic mass is 16.5. The van der Waals surface area contributed by atoms with Gasteiger partial charge in [-0.25, -0.2) is 0 Å². The molecule has 0 aliphatic rings. The van der Waals surface area contributed by atoms with Crippen molar-refractivity contribution in [3.05, 3.63) is 53.6 Å². The van der Waals surface area contributed by atoms with Crippen LogP contribution >= 0.6 is 0 Å². The monoisotopic (exact) mass is 456 g/mol. The van der Waals surface area contributed by atoms with Gasteiger partial charge < -0.3 is 24.4 Å². The number of carbonyl (C=O) groups is 2. The van der Waals surface area contributed by atoms with Gasteiger partial charge >= 0.3 is 0 Å². The zero-order valence-corrected chi connectivity index (χ0v) is 20.3. The molecule has 2 amide bonds. The molecule has 0 aliphatic heterocycles. The van der Waals surface area contributed by atoms with Crippen LogP contribution in [0.3, 0.4) is 0 Å². The first-order valence-corrected chi connectivity index (χ1v) is 11.5. The van der Waals surface area contributed by atoms with Crippen molar-refractivity contribution >= 4 is 11.8 Å². The molecule has 2 aromatic rings. The number of hydrogen-bond donors (Lipinski definition) is 1. The molecule has 0 unspecified atom stereocenters. The Labute approximate surface area is 197 Å². The molecule has 7 nitrogen and oxygen atoms in total. The number of hydrogen-bond acceptors (Lipinski definition) is 5. The van der Waals surface area contributed by atoms with Gasteiger partial charge in [-0.1, -0.05) is 18.2 Å². The Balaban J connectivity index is 2.18. The summed E-state index contributed by atoms with van der Waals surface area (Å²) >= 11 is 0. The molecule has 33 heavy (non-hydrogen) atoms. The smallest absolute Gasteiger partial charge is 0.242 e. The fraction of sp³-hybridized carbons (Fsp3) is 0.462. The Morgan fingerprint density at radius 1 is 0.970 bits per heavy atom. The number of nitrogens with zero attached hydrogens (tertiary/aromatic N) is 1. The average molecular weight is 457 g/mol. The molecule has 180 valence electrons. The standard InChI is InChI=1S/C26H36N2O5/c1-6-27-26(30)19(4)28(18-21-10-9-11-22(16-21)31-5)25(29)15-13-20-12-14-23(32-7-2)24(17-20)33-8-3/h9-12,14,16-17,19H,6-8,13,15,18H2,1-5H3,(H,27,30)/t19-/m0/s1. The van der Waals surface area contributed by atoms with Crippen LogP contribution in [-0.4, -0.2) is 49.6 Å². The Bertz CT molecular complexity index is 915. The van der Waals surface area contributed by atoms with E-state index in [1.54, 1.807) is 18.9 Å². The maximum atomic E-state index is 13.3. The fourth-order valence-electron chi connectivity index (χ4n) is 3.52. The van der Waals surface area contributed by atoms with Gasteiger partial charge in [0.05, 0.1) is 20.3 Å². The van der Waals surface area contributed by atoms with Crippen molar-refractivity contribution in [3.8, 4) is 17.2 Å². The summed E-state index contributed by atoms with van der Waals surface area (Å²) in [6, 6.07) is 12.7. The van der Waals surface area contributed by atoms with Crippen LogP contribution in [0.2, 0.25) is 0 Å². The maximum absolute atomic E-state index is 13.3. The minimum Gasteiger partial charge on any atom is -0.497 e. The second-order valence-corrected chi connectivity index (χ2v) is 7.59. The molecule has 0 heterocycles. The van der Waals surface area contributed by atoms with Crippen molar-refractivity contribution in [3.63, 3.8) is 0 Å². The molecule has 1 atom stereocenters. The predicted octanol–water partition coefficient (Wildman–Crippen LogP) is 3.98. The van der Waals surface area contributed by atoms with Gasteiger partial charge in [-0.2, -0.15) is 0 Å². The molecule has 0 radical (unpaired) electrons. The molecular formula is C26H36N2O5. The number of benzene rings is 2. The van der Waals surface area contributed by atoms with Crippen LogP contribution in [0.5, 0.6) is 17.2 Å². The number of nitrogens with one attached hydrogen (secondary N) is 1. The Kier molecular flexibility index (Phi) is 10.5. The normalized spacial score (nSPS) is 11.4. The number of ether oxygens (including phenoxy) is 3. The maximum Gasteiger partial charge on any atom is 0.242 e. The fourth-order valence-corrected chi connectivity index (χ4v) is 3.52. The van der Waals surface area contributed by atoms with Crippen LogP contribution in [0.4, 0.5) is 0 Å². The second kappa shape index (κ2) is 13.4. The van der Waals surface area contributed by atoms with Gasteiger partial charge in [0.25, 0.3) is 0 Å². The summed E-state index contributed by atoms with van der Waals surface area (Å²) in [5.41, 5.74) is 1.88. The molecule has 0 saturated heterocycles. The van der Waals surface area contributed by atoms with Crippen molar-refractivity contribution in [2.24, 2.45) is 0 Å². The lowest BCUT2D eigenvalue weighted by atomic mass is 10.1. The van der Waals surface area contributed by atoms with E-state index in [0.29, 0.717) is 50.0 Å². The van der Waals surface area contributed by atoms with Crippen LogP contribution < -0.4 is 19.5 Å². The van der Waals surface area contributed by atoms with E-state index >= 15 is 0 Å². The van der Waals surface area contributed by atoms with Gasteiger partial charge in [0, 0.05) is 19.5 Å². The molecular weight excluding hydrogens is 420 g/mol. The highest BCUT2D eigenvalue weighted by Gasteiger charge is 2.25. The van der Waals surface area contributed by atoms with E-state index in [2.05, 4.69) is 5.32 Å². The van der Waals surface area contributed by atoms with Crippen LogP contribution in [0.1, 0.15) is 45.2 Å². The van der Waals surface area contributed by atoms with Gasteiger partial charge in [-0.3, -0.25) is 9.59 Å². The minimum absolute atomic E-state index is 0.0941. The van der Waals surface area contributed by atoms with Gasteiger partial charge in [-0.05, 0) is 69.5 Å². The molecule has 0 aliphatic carbocycles. The quantitative estimate of drug-likeness (QED) is 0.493.